The Hall–Kier alpha value is -3.93. The van der Waals surface area contributed by atoms with E-state index < -0.39 is 4.92 Å². The fourth-order valence-corrected chi connectivity index (χ4v) is 2.77. The SMILES string of the molecule is CC(=NN=C(C(=O)c1ccccc1)c1ccccc1)c1ccc(C)c([N+](=O)[O-])c1. The lowest BCUT2D eigenvalue weighted by atomic mass is 10.0. The molecule has 144 valence electrons. The minimum absolute atomic E-state index is 0.0182. The van der Waals surface area contributed by atoms with Gasteiger partial charge in [0, 0.05) is 28.3 Å². The molecule has 3 rings (SSSR count). The molecular formula is C23H19N3O3. The first-order valence-corrected chi connectivity index (χ1v) is 9.00. The number of benzene rings is 3. The highest BCUT2D eigenvalue weighted by Crippen LogP contribution is 2.20. The standard InChI is InChI=1S/C23H19N3O3/c1-16-13-14-20(15-21(16)26(28)29)17(2)24-25-22(18-9-5-3-6-10-18)23(27)19-11-7-4-8-12-19/h3-15H,1-2H3. The van der Waals surface area contributed by atoms with Crippen LogP contribution in [0.25, 0.3) is 0 Å². The average Bonchev–Trinajstić information content (AvgIpc) is 2.75. The molecule has 29 heavy (non-hydrogen) atoms. The third-order valence-electron chi connectivity index (χ3n) is 4.42. The van der Waals surface area contributed by atoms with Crippen LogP contribution in [0, 0.1) is 17.0 Å². The maximum Gasteiger partial charge on any atom is 0.272 e. The summed E-state index contributed by atoms with van der Waals surface area (Å²) in [5, 5.41) is 19.6. The summed E-state index contributed by atoms with van der Waals surface area (Å²) in [5.41, 5.74) is 3.00. The Labute approximate surface area is 168 Å². The molecule has 0 heterocycles. The maximum atomic E-state index is 13.0. The Balaban J connectivity index is 2.03. The van der Waals surface area contributed by atoms with Crippen LogP contribution in [0.5, 0.6) is 0 Å². The molecule has 0 aromatic heterocycles. The van der Waals surface area contributed by atoms with Gasteiger partial charge in [0.05, 0.1) is 10.6 Å². The van der Waals surface area contributed by atoms with E-state index in [9.17, 15) is 14.9 Å². The molecule has 0 atom stereocenters. The second-order valence-electron chi connectivity index (χ2n) is 6.45. The van der Waals surface area contributed by atoms with E-state index in [1.54, 1.807) is 62.4 Å². The van der Waals surface area contributed by atoms with Gasteiger partial charge in [-0.3, -0.25) is 14.9 Å². The molecule has 0 amide bonds. The Kier molecular flexibility index (Phi) is 6.04. The molecule has 0 radical (unpaired) electrons. The monoisotopic (exact) mass is 385 g/mol. The van der Waals surface area contributed by atoms with Gasteiger partial charge >= 0.3 is 0 Å². The quantitative estimate of drug-likeness (QED) is 0.259. The van der Waals surface area contributed by atoms with Gasteiger partial charge in [-0.2, -0.15) is 5.10 Å². The van der Waals surface area contributed by atoms with E-state index in [2.05, 4.69) is 10.2 Å². The second kappa shape index (κ2) is 8.84. The van der Waals surface area contributed by atoms with Crippen LogP contribution in [0.4, 0.5) is 5.69 Å². The van der Waals surface area contributed by atoms with Crippen LogP contribution in [0.2, 0.25) is 0 Å². The number of hydrogen-bond acceptors (Lipinski definition) is 5. The van der Waals surface area contributed by atoms with Crippen molar-refractivity contribution < 1.29 is 9.72 Å². The number of aryl methyl sites for hydroxylation is 1. The van der Waals surface area contributed by atoms with Crippen molar-refractivity contribution >= 4 is 22.9 Å². The third kappa shape index (κ3) is 4.68. The molecular weight excluding hydrogens is 366 g/mol. The van der Waals surface area contributed by atoms with Crippen molar-refractivity contribution in [2.75, 3.05) is 0 Å². The Bertz CT molecular complexity index is 1100. The smallest absolute Gasteiger partial charge is 0.272 e. The fourth-order valence-electron chi connectivity index (χ4n) is 2.77. The van der Waals surface area contributed by atoms with Gasteiger partial charge in [-0.25, -0.2) is 0 Å². The van der Waals surface area contributed by atoms with Crippen molar-refractivity contribution in [3.8, 4) is 0 Å². The Morgan fingerprint density at radius 3 is 2.00 bits per heavy atom. The van der Waals surface area contributed by atoms with Crippen LogP contribution in [0.1, 0.15) is 34.0 Å². The average molecular weight is 385 g/mol. The van der Waals surface area contributed by atoms with E-state index in [1.807, 2.05) is 24.3 Å². The van der Waals surface area contributed by atoms with Crippen LogP contribution >= 0.6 is 0 Å². The molecule has 6 nitrogen and oxygen atoms in total. The van der Waals surface area contributed by atoms with Gasteiger partial charge in [0.2, 0.25) is 5.78 Å². The molecule has 0 N–H and O–H groups in total. The maximum absolute atomic E-state index is 13.0. The van der Waals surface area contributed by atoms with Gasteiger partial charge < -0.3 is 0 Å². The van der Waals surface area contributed by atoms with Crippen molar-refractivity contribution in [3.63, 3.8) is 0 Å². The summed E-state index contributed by atoms with van der Waals surface area (Å²) in [6, 6.07) is 22.8. The van der Waals surface area contributed by atoms with Gasteiger partial charge in [-0.05, 0) is 13.8 Å². The number of ketones is 1. The highest BCUT2D eigenvalue weighted by Gasteiger charge is 2.17. The van der Waals surface area contributed by atoms with E-state index in [4.69, 9.17) is 0 Å². The minimum Gasteiger partial charge on any atom is -0.287 e. The summed E-state index contributed by atoms with van der Waals surface area (Å²) in [6.45, 7) is 3.38. The van der Waals surface area contributed by atoms with Crippen LogP contribution in [-0.4, -0.2) is 22.1 Å². The molecule has 0 unspecified atom stereocenters. The number of Topliss-reactive ketones (excluding diaryl/α,β-unsaturated/α-hetero) is 1. The van der Waals surface area contributed by atoms with Gasteiger partial charge in [0.25, 0.3) is 5.69 Å². The van der Waals surface area contributed by atoms with E-state index in [1.165, 1.54) is 6.07 Å². The van der Waals surface area contributed by atoms with Crippen molar-refractivity contribution in [1.29, 1.82) is 0 Å². The Morgan fingerprint density at radius 1 is 0.828 bits per heavy atom. The molecule has 3 aromatic carbocycles. The van der Waals surface area contributed by atoms with Crippen molar-refractivity contribution in [2.45, 2.75) is 13.8 Å². The molecule has 3 aromatic rings. The molecule has 6 heteroatoms. The summed E-state index contributed by atoms with van der Waals surface area (Å²) in [4.78, 5) is 23.8. The van der Waals surface area contributed by atoms with Crippen molar-refractivity contribution in [3.05, 3.63) is 111 Å². The van der Waals surface area contributed by atoms with E-state index in [-0.39, 0.29) is 17.2 Å². The first-order valence-electron chi connectivity index (χ1n) is 9.00. The van der Waals surface area contributed by atoms with E-state index in [0.29, 0.717) is 28.0 Å². The zero-order chi connectivity index (χ0) is 20.8. The van der Waals surface area contributed by atoms with Crippen LogP contribution in [-0.2, 0) is 0 Å². The zero-order valence-corrected chi connectivity index (χ0v) is 16.1. The number of carbonyl (C=O) groups excluding carboxylic acids is 1. The molecule has 0 saturated carbocycles. The number of hydrogen-bond donors (Lipinski definition) is 0. The van der Waals surface area contributed by atoms with Gasteiger partial charge in [-0.1, -0.05) is 72.8 Å². The summed E-state index contributed by atoms with van der Waals surface area (Å²) >= 11 is 0. The predicted molar refractivity (Wildman–Crippen MR) is 114 cm³/mol. The van der Waals surface area contributed by atoms with E-state index in [0.717, 1.165) is 0 Å². The van der Waals surface area contributed by atoms with Gasteiger partial charge in [0.15, 0.2) is 0 Å². The van der Waals surface area contributed by atoms with Gasteiger partial charge in [-0.15, -0.1) is 5.10 Å². The molecule has 0 saturated heterocycles. The molecule has 0 spiro atoms. The lowest BCUT2D eigenvalue weighted by Gasteiger charge is -2.06. The number of nitro benzene ring substituents is 1. The Morgan fingerprint density at radius 2 is 1.41 bits per heavy atom. The van der Waals surface area contributed by atoms with E-state index >= 15 is 0 Å². The molecule has 0 aliphatic rings. The first kappa shape index (κ1) is 19.8. The van der Waals surface area contributed by atoms with Crippen molar-refractivity contribution in [2.24, 2.45) is 10.2 Å². The topological polar surface area (TPSA) is 84.9 Å². The summed E-state index contributed by atoms with van der Waals surface area (Å²) in [7, 11) is 0. The normalized spacial score (nSPS) is 11.9. The lowest BCUT2D eigenvalue weighted by Crippen LogP contribution is -2.15. The van der Waals surface area contributed by atoms with Gasteiger partial charge in [0.1, 0.15) is 5.71 Å². The number of rotatable bonds is 6. The third-order valence-corrected chi connectivity index (χ3v) is 4.42. The van der Waals surface area contributed by atoms with Crippen LogP contribution in [0.3, 0.4) is 0 Å². The number of nitro groups is 1. The molecule has 0 bridgehead atoms. The molecule has 0 aliphatic heterocycles. The van der Waals surface area contributed by atoms with Crippen LogP contribution in [0.15, 0.2) is 89.1 Å². The summed E-state index contributed by atoms with van der Waals surface area (Å²) in [6.07, 6.45) is 0. The zero-order valence-electron chi connectivity index (χ0n) is 16.1. The number of nitrogens with zero attached hydrogens (tertiary/aromatic N) is 3. The highest BCUT2D eigenvalue weighted by molar-refractivity contribution is 6.51. The molecule has 0 fully saturated rings. The summed E-state index contributed by atoms with van der Waals surface area (Å²) in [5.74, 6) is -0.247. The lowest BCUT2D eigenvalue weighted by molar-refractivity contribution is -0.385. The minimum atomic E-state index is -0.427. The van der Waals surface area contributed by atoms with Crippen LogP contribution < -0.4 is 0 Å². The molecule has 0 aliphatic carbocycles. The summed E-state index contributed by atoms with van der Waals surface area (Å²) < 4.78 is 0. The predicted octanol–water partition coefficient (Wildman–Crippen LogP) is 5.00. The first-order chi connectivity index (χ1) is 14.0. The number of carbonyl (C=O) groups is 1. The largest absolute Gasteiger partial charge is 0.287 e. The highest BCUT2D eigenvalue weighted by atomic mass is 16.6. The second-order valence-corrected chi connectivity index (χ2v) is 6.45. The fraction of sp³-hybridized carbons (Fsp3) is 0.0870. The van der Waals surface area contributed by atoms with Crippen molar-refractivity contribution in [1.82, 2.24) is 0 Å².